The van der Waals surface area contributed by atoms with E-state index in [1.54, 1.807) is 0 Å². The van der Waals surface area contributed by atoms with E-state index in [9.17, 15) is 4.79 Å². The van der Waals surface area contributed by atoms with Crippen molar-refractivity contribution < 1.29 is 4.79 Å². The Labute approximate surface area is 122 Å². The zero-order chi connectivity index (χ0) is 13.8. The molecule has 2 aromatic rings. The molecule has 0 aliphatic rings. The van der Waals surface area contributed by atoms with Crippen molar-refractivity contribution in [2.45, 2.75) is 20.3 Å². The Balaban J connectivity index is 2.08. The van der Waals surface area contributed by atoms with Gasteiger partial charge in [0, 0.05) is 4.47 Å². The topological polar surface area (TPSA) is 29.1 Å². The fourth-order valence-corrected chi connectivity index (χ4v) is 2.31. The van der Waals surface area contributed by atoms with Gasteiger partial charge in [0.2, 0.25) is 5.91 Å². The second kappa shape index (κ2) is 6.02. The molecule has 98 valence electrons. The number of carbonyl (C=O) groups excluding carboxylic acids is 1. The highest BCUT2D eigenvalue weighted by atomic mass is 79.9. The number of anilines is 1. The van der Waals surface area contributed by atoms with Crippen molar-refractivity contribution in [2.24, 2.45) is 0 Å². The number of amides is 1. The molecule has 2 nitrogen and oxygen atoms in total. The average molecular weight is 318 g/mol. The van der Waals surface area contributed by atoms with Gasteiger partial charge in [-0.3, -0.25) is 4.79 Å². The van der Waals surface area contributed by atoms with Gasteiger partial charge in [0.25, 0.3) is 0 Å². The first-order valence-electron chi connectivity index (χ1n) is 6.17. The number of hydrogen-bond acceptors (Lipinski definition) is 1. The maximum absolute atomic E-state index is 12.0. The van der Waals surface area contributed by atoms with Crippen LogP contribution in [0.25, 0.3) is 0 Å². The summed E-state index contributed by atoms with van der Waals surface area (Å²) in [6, 6.07) is 13.8. The molecule has 0 unspecified atom stereocenters. The van der Waals surface area contributed by atoms with Crippen molar-refractivity contribution >= 4 is 27.5 Å². The van der Waals surface area contributed by atoms with Gasteiger partial charge in [-0.1, -0.05) is 42.0 Å². The van der Waals surface area contributed by atoms with Gasteiger partial charge < -0.3 is 5.32 Å². The molecule has 1 amide bonds. The normalized spacial score (nSPS) is 10.3. The Morgan fingerprint density at radius 3 is 2.63 bits per heavy atom. The molecule has 0 radical (unpaired) electrons. The largest absolute Gasteiger partial charge is 0.325 e. The van der Waals surface area contributed by atoms with Crippen LogP contribution in [-0.2, 0) is 11.2 Å². The first kappa shape index (κ1) is 13.8. The molecule has 0 heterocycles. The van der Waals surface area contributed by atoms with Gasteiger partial charge in [-0.25, -0.2) is 0 Å². The Kier molecular flexibility index (Phi) is 4.38. The minimum atomic E-state index is -0.00287. The molecular weight excluding hydrogens is 302 g/mol. The molecule has 2 rings (SSSR count). The number of halogens is 1. The highest BCUT2D eigenvalue weighted by molar-refractivity contribution is 9.10. The predicted octanol–water partition coefficient (Wildman–Crippen LogP) is 4.25. The number of aryl methyl sites for hydroxylation is 2. The van der Waals surface area contributed by atoms with E-state index in [-0.39, 0.29) is 5.91 Å². The van der Waals surface area contributed by atoms with E-state index in [0.29, 0.717) is 6.42 Å². The molecule has 2 aromatic carbocycles. The van der Waals surface area contributed by atoms with Crippen molar-refractivity contribution in [3.8, 4) is 0 Å². The summed E-state index contributed by atoms with van der Waals surface area (Å²) in [7, 11) is 0. The van der Waals surface area contributed by atoms with Gasteiger partial charge in [0.15, 0.2) is 0 Å². The Morgan fingerprint density at radius 1 is 1.16 bits per heavy atom. The summed E-state index contributed by atoms with van der Waals surface area (Å²) >= 11 is 3.49. The van der Waals surface area contributed by atoms with E-state index >= 15 is 0 Å². The summed E-state index contributed by atoms with van der Waals surface area (Å²) in [5.41, 5.74) is 4.12. The van der Waals surface area contributed by atoms with Gasteiger partial charge >= 0.3 is 0 Å². The molecular formula is C16H16BrNO. The molecule has 3 heteroatoms. The van der Waals surface area contributed by atoms with Crippen LogP contribution in [0, 0.1) is 13.8 Å². The smallest absolute Gasteiger partial charge is 0.228 e. The molecule has 0 atom stereocenters. The fourth-order valence-electron chi connectivity index (χ4n) is 1.95. The van der Waals surface area contributed by atoms with Crippen LogP contribution in [0.1, 0.15) is 16.7 Å². The summed E-state index contributed by atoms with van der Waals surface area (Å²) in [6.07, 6.45) is 0.391. The van der Waals surface area contributed by atoms with Crippen LogP contribution in [0.2, 0.25) is 0 Å². The average Bonchev–Trinajstić information content (AvgIpc) is 2.35. The third-order valence-electron chi connectivity index (χ3n) is 2.91. The van der Waals surface area contributed by atoms with Crippen LogP contribution in [0.15, 0.2) is 46.9 Å². The summed E-state index contributed by atoms with van der Waals surface area (Å²) in [5, 5.41) is 2.93. The lowest BCUT2D eigenvalue weighted by Crippen LogP contribution is -2.14. The Morgan fingerprint density at radius 2 is 1.89 bits per heavy atom. The van der Waals surface area contributed by atoms with Gasteiger partial charge in [0.1, 0.15) is 0 Å². The third kappa shape index (κ3) is 3.67. The van der Waals surface area contributed by atoms with Crippen molar-refractivity contribution in [3.05, 3.63) is 63.6 Å². The van der Waals surface area contributed by atoms with Crippen LogP contribution in [0.4, 0.5) is 5.69 Å². The highest BCUT2D eigenvalue weighted by Crippen LogP contribution is 2.25. The zero-order valence-electron chi connectivity index (χ0n) is 11.0. The van der Waals surface area contributed by atoms with Crippen LogP contribution in [-0.4, -0.2) is 5.91 Å². The van der Waals surface area contributed by atoms with Crippen LogP contribution in [0.3, 0.4) is 0 Å². The molecule has 0 aromatic heterocycles. The quantitative estimate of drug-likeness (QED) is 0.901. The molecule has 19 heavy (non-hydrogen) atoms. The number of rotatable bonds is 3. The molecule has 0 saturated heterocycles. The predicted molar refractivity (Wildman–Crippen MR) is 82.4 cm³/mol. The van der Waals surface area contributed by atoms with Gasteiger partial charge in [-0.15, -0.1) is 0 Å². The van der Waals surface area contributed by atoms with Crippen LogP contribution < -0.4 is 5.32 Å². The van der Waals surface area contributed by atoms with Crippen LogP contribution in [0.5, 0.6) is 0 Å². The molecule has 1 N–H and O–H groups in total. The maximum Gasteiger partial charge on any atom is 0.228 e. The lowest BCUT2D eigenvalue weighted by atomic mass is 10.1. The van der Waals surface area contributed by atoms with Crippen molar-refractivity contribution in [1.82, 2.24) is 0 Å². The van der Waals surface area contributed by atoms with E-state index in [4.69, 9.17) is 0 Å². The number of benzene rings is 2. The molecule has 0 fully saturated rings. The van der Waals surface area contributed by atoms with Gasteiger partial charge in [-0.05, 0) is 47.0 Å². The summed E-state index contributed by atoms with van der Waals surface area (Å²) in [5.74, 6) is -0.00287. The minimum absolute atomic E-state index is 0.00287. The first-order valence-corrected chi connectivity index (χ1v) is 6.96. The zero-order valence-corrected chi connectivity index (χ0v) is 12.6. The second-order valence-electron chi connectivity index (χ2n) is 4.65. The molecule has 0 aliphatic carbocycles. The SMILES string of the molecule is Cc1cccc(CC(=O)Nc2cccc(C)c2Br)c1. The highest BCUT2D eigenvalue weighted by Gasteiger charge is 2.07. The number of nitrogens with one attached hydrogen (secondary N) is 1. The summed E-state index contributed by atoms with van der Waals surface area (Å²) < 4.78 is 0.938. The van der Waals surface area contributed by atoms with E-state index in [2.05, 4.69) is 21.2 Å². The fraction of sp³-hybridized carbons (Fsp3) is 0.188. The van der Waals surface area contributed by atoms with E-state index in [0.717, 1.165) is 21.3 Å². The minimum Gasteiger partial charge on any atom is -0.325 e. The molecule has 0 saturated carbocycles. The number of hydrogen-bond donors (Lipinski definition) is 1. The Bertz CT molecular complexity index is 607. The summed E-state index contributed by atoms with van der Waals surface area (Å²) in [6.45, 7) is 4.03. The molecule has 0 aliphatic heterocycles. The second-order valence-corrected chi connectivity index (χ2v) is 5.44. The van der Waals surface area contributed by atoms with Crippen molar-refractivity contribution in [2.75, 3.05) is 5.32 Å². The number of carbonyl (C=O) groups is 1. The molecule has 0 bridgehead atoms. The standard InChI is InChI=1S/C16H16BrNO/c1-11-5-3-7-13(9-11)10-15(19)18-14-8-4-6-12(2)16(14)17/h3-9H,10H2,1-2H3,(H,18,19). The summed E-state index contributed by atoms with van der Waals surface area (Å²) in [4.78, 5) is 12.0. The van der Waals surface area contributed by atoms with E-state index in [1.807, 2.05) is 56.3 Å². The Hall–Kier alpha value is -1.61. The lowest BCUT2D eigenvalue weighted by Gasteiger charge is -2.09. The monoisotopic (exact) mass is 317 g/mol. The molecule has 0 spiro atoms. The first-order chi connectivity index (χ1) is 9.06. The van der Waals surface area contributed by atoms with Gasteiger partial charge in [-0.2, -0.15) is 0 Å². The maximum atomic E-state index is 12.0. The van der Waals surface area contributed by atoms with Gasteiger partial charge in [0.05, 0.1) is 12.1 Å². The third-order valence-corrected chi connectivity index (χ3v) is 3.97. The lowest BCUT2D eigenvalue weighted by molar-refractivity contribution is -0.115. The van der Waals surface area contributed by atoms with Crippen LogP contribution >= 0.6 is 15.9 Å². The van der Waals surface area contributed by atoms with Crippen molar-refractivity contribution in [1.29, 1.82) is 0 Å². The van der Waals surface area contributed by atoms with Crippen molar-refractivity contribution in [3.63, 3.8) is 0 Å². The van der Waals surface area contributed by atoms with E-state index in [1.165, 1.54) is 5.56 Å². The van der Waals surface area contributed by atoms with E-state index < -0.39 is 0 Å².